The average molecular weight is 251 g/mol. The molecule has 0 saturated carbocycles. The van der Waals surface area contributed by atoms with Gasteiger partial charge in [0.2, 0.25) is 0 Å². The van der Waals surface area contributed by atoms with Crippen molar-refractivity contribution in [3.8, 4) is 11.5 Å². The van der Waals surface area contributed by atoms with Crippen molar-refractivity contribution >= 4 is 10.9 Å². The molecule has 1 aromatic heterocycles. The monoisotopic (exact) mass is 251 g/mol. The molecule has 3 aromatic rings. The summed E-state index contributed by atoms with van der Waals surface area (Å²) in [5.41, 5.74) is 2.01. The van der Waals surface area contributed by atoms with Crippen LogP contribution in [0.2, 0.25) is 0 Å². The molecule has 0 aliphatic heterocycles. The highest BCUT2D eigenvalue weighted by molar-refractivity contribution is 5.81. The second-order valence-electron chi connectivity index (χ2n) is 4.27. The number of rotatable bonds is 3. The normalized spacial score (nSPS) is 10.5. The summed E-state index contributed by atoms with van der Waals surface area (Å²) in [6.45, 7) is 0.457. The van der Waals surface area contributed by atoms with Crippen molar-refractivity contribution in [2.75, 3.05) is 0 Å². The third kappa shape index (κ3) is 2.50. The van der Waals surface area contributed by atoms with E-state index in [4.69, 9.17) is 4.74 Å². The number of phenolic OH excluding ortho intramolecular Hbond substituents is 1. The minimum atomic E-state index is 0.235. The Bertz CT molecular complexity index is 687. The molecule has 0 atom stereocenters. The fraction of sp³-hybridized carbons (Fsp3) is 0.0625. The highest BCUT2D eigenvalue weighted by Crippen LogP contribution is 2.20. The highest BCUT2D eigenvalue weighted by atomic mass is 16.5. The molecule has 0 fully saturated rings. The summed E-state index contributed by atoms with van der Waals surface area (Å²) in [5.74, 6) is 0.963. The van der Waals surface area contributed by atoms with Gasteiger partial charge in [-0.3, -0.25) is 4.98 Å². The molecule has 3 rings (SSSR count). The first kappa shape index (κ1) is 11.5. The van der Waals surface area contributed by atoms with E-state index in [1.807, 2.05) is 30.3 Å². The maximum absolute atomic E-state index is 9.22. The number of fused-ring (bicyclic) bond motifs is 1. The summed E-state index contributed by atoms with van der Waals surface area (Å²) < 4.78 is 5.70. The van der Waals surface area contributed by atoms with Crippen molar-refractivity contribution in [1.29, 1.82) is 0 Å². The van der Waals surface area contributed by atoms with Crippen molar-refractivity contribution in [3.63, 3.8) is 0 Å². The van der Waals surface area contributed by atoms with E-state index in [-0.39, 0.29) is 5.75 Å². The van der Waals surface area contributed by atoms with Crippen molar-refractivity contribution in [2.45, 2.75) is 6.61 Å². The molecule has 0 aliphatic rings. The smallest absolute Gasteiger partial charge is 0.120 e. The number of hydrogen-bond donors (Lipinski definition) is 1. The van der Waals surface area contributed by atoms with E-state index in [9.17, 15) is 5.11 Å². The molecule has 0 radical (unpaired) electrons. The predicted molar refractivity (Wildman–Crippen MR) is 74.2 cm³/mol. The molecular weight excluding hydrogens is 238 g/mol. The molecule has 0 spiro atoms. The Morgan fingerprint density at radius 3 is 2.58 bits per heavy atom. The lowest BCUT2D eigenvalue weighted by molar-refractivity contribution is 0.307. The van der Waals surface area contributed by atoms with Crippen molar-refractivity contribution in [2.24, 2.45) is 0 Å². The fourth-order valence-electron chi connectivity index (χ4n) is 1.99. The Labute approximate surface area is 111 Å². The van der Waals surface area contributed by atoms with Crippen LogP contribution in [0.4, 0.5) is 0 Å². The number of pyridine rings is 1. The van der Waals surface area contributed by atoms with Crippen LogP contribution in [0.25, 0.3) is 10.9 Å². The number of hydrogen-bond acceptors (Lipinski definition) is 3. The van der Waals surface area contributed by atoms with E-state index in [2.05, 4.69) is 4.98 Å². The van der Waals surface area contributed by atoms with Crippen LogP contribution in [0.5, 0.6) is 11.5 Å². The molecule has 3 heteroatoms. The molecule has 2 aromatic carbocycles. The first-order valence-electron chi connectivity index (χ1n) is 6.07. The molecule has 3 nitrogen and oxygen atoms in total. The Morgan fingerprint density at radius 2 is 1.74 bits per heavy atom. The zero-order valence-electron chi connectivity index (χ0n) is 10.3. The molecule has 1 heterocycles. The van der Waals surface area contributed by atoms with Gasteiger partial charge in [0.05, 0.1) is 5.52 Å². The topological polar surface area (TPSA) is 42.4 Å². The Morgan fingerprint density at radius 1 is 0.947 bits per heavy atom. The largest absolute Gasteiger partial charge is 0.508 e. The fourth-order valence-corrected chi connectivity index (χ4v) is 1.99. The van der Waals surface area contributed by atoms with Crippen molar-refractivity contribution in [1.82, 2.24) is 4.98 Å². The zero-order chi connectivity index (χ0) is 13.1. The van der Waals surface area contributed by atoms with E-state index in [1.165, 1.54) is 0 Å². The summed E-state index contributed by atoms with van der Waals surface area (Å²) in [5, 5.41) is 10.3. The van der Waals surface area contributed by atoms with Crippen LogP contribution in [-0.4, -0.2) is 10.1 Å². The van der Waals surface area contributed by atoms with Gasteiger partial charge in [0.15, 0.2) is 0 Å². The maximum atomic E-state index is 9.22. The molecule has 19 heavy (non-hydrogen) atoms. The second kappa shape index (κ2) is 4.98. The SMILES string of the molecule is Oc1ccc(OCc2cccc3cccnc23)cc1. The predicted octanol–water partition coefficient (Wildman–Crippen LogP) is 3.52. The van der Waals surface area contributed by atoms with Gasteiger partial charge in [-0.25, -0.2) is 0 Å². The minimum absolute atomic E-state index is 0.235. The van der Waals surface area contributed by atoms with Crippen LogP contribution in [0.15, 0.2) is 60.8 Å². The summed E-state index contributed by atoms with van der Waals surface area (Å²) in [6.07, 6.45) is 1.78. The summed E-state index contributed by atoms with van der Waals surface area (Å²) >= 11 is 0. The number of para-hydroxylation sites is 1. The van der Waals surface area contributed by atoms with Gasteiger partial charge in [-0.2, -0.15) is 0 Å². The van der Waals surface area contributed by atoms with Crippen LogP contribution in [0.1, 0.15) is 5.56 Å². The molecule has 1 N–H and O–H groups in total. The van der Waals surface area contributed by atoms with E-state index >= 15 is 0 Å². The second-order valence-corrected chi connectivity index (χ2v) is 4.27. The quantitative estimate of drug-likeness (QED) is 0.774. The van der Waals surface area contributed by atoms with Gasteiger partial charge >= 0.3 is 0 Å². The van der Waals surface area contributed by atoms with Gasteiger partial charge in [-0.1, -0.05) is 24.3 Å². The van der Waals surface area contributed by atoms with Gasteiger partial charge in [-0.15, -0.1) is 0 Å². The summed E-state index contributed by atoms with van der Waals surface area (Å²) in [7, 11) is 0. The van der Waals surface area contributed by atoms with Gasteiger partial charge in [-0.05, 0) is 30.3 Å². The number of nitrogens with zero attached hydrogens (tertiary/aromatic N) is 1. The lowest BCUT2D eigenvalue weighted by atomic mass is 10.1. The third-order valence-corrected chi connectivity index (χ3v) is 2.95. The molecule has 0 bridgehead atoms. The molecule has 0 amide bonds. The number of benzene rings is 2. The standard InChI is InChI=1S/C16H13NO2/c18-14-6-8-15(9-7-14)19-11-13-4-1-3-12-5-2-10-17-16(12)13/h1-10,18H,11H2. The Balaban J connectivity index is 1.84. The van der Waals surface area contributed by atoms with E-state index < -0.39 is 0 Å². The van der Waals surface area contributed by atoms with Crippen LogP contribution >= 0.6 is 0 Å². The van der Waals surface area contributed by atoms with E-state index in [0.29, 0.717) is 6.61 Å². The lowest BCUT2D eigenvalue weighted by Gasteiger charge is -2.08. The van der Waals surface area contributed by atoms with Gasteiger partial charge < -0.3 is 9.84 Å². The zero-order valence-corrected chi connectivity index (χ0v) is 10.3. The van der Waals surface area contributed by atoms with Gasteiger partial charge in [0.1, 0.15) is 18.1 Å². The minimum Gasteiger partial charge on any atom is -0.508 e. The molecule has 0 aliphatic carbocycles. The van der Waals surface area contributed by atoms with Gasteiger partial charge in [0, 0.05) is 17.1 Å². The molecule has 94 valence electrons. The van der Waals surface area contributed by atoms with Gasteiger partial charge in [0.25, 0.3) is 0 Å². The van der Waals surface area contributed by atoms with Crippen LogP contribution in [-0.2, 0) is 6.61 Å². The first-order chi connectivity index (χ1) is 9.33. The maximum Gasteiger partial charge on any atom is 0.120 e. The Kier molecular flexibility index (Phi) is 3.02. The first-order valence-corrected chi connectivity index (χ1v) is 6.07. The molecule has 0 unspecified atom stereocenters. The number of aromatic nitrogens is 1. The van der Waals surface area contributed by atoms with Crippen LogP contribution in [0.3, 0.4) is 0 Å². The molecular formula is C16H13NO2. The average Bonchev–Trinajstić information content (AvgIpc) is 2.47. The van der Waals surface area contributed by atoms with E-state index in [1.54, 1.807) is 30.5 Å². The number of aromatic hydroxyl groups is 1. The number of ether oxygens (including phenoxy) is 1. The third-order valence-electron chi connectivity index (χ3n) is 2.95. The van der Waals surface area contributed by atoms with E-state index in [0.717, 1.165) is 22.2 Å². The molecule has 0 saturated heterocycles. The number of phenols is 1. The summed E-state index contributed by atoms with van der Waals surface area (Å²) in [4.78, 5) is 4.39. The van der Waals surface area contributed by atoms with Crippen LogP contribution < -0.4 is 4.74 Å². The Hall–Kier alpha value is -2.55. The highest BCUT2D eigenvalue weighted by Gasteiger charge is 2.02. The van der Waals surface area contributed by atoms with Crippen molar-refractivity contribution < 1.29 is 9.84 Å². The van der Waals surface area contributed by atoms with Crippen LogP contribution in [0, 0.1) is 0 Å². The van der Waals surface area contributed by atoms with Crippen molar-refractivity contribution in [3.05, 3.63) is 66.4 Å². The summed E-state index contributed by atoms with van der Waals surface area (Å²) in [6, 6.07) is 16.7. The lowest BCUT2D eigenvalue weighted by Crippen LogP contribution is -1.97.